The molecular weight excluding hydrogens is 212 g/mol. The zero-order valence-electron chi connectivity index (χ0n) is 9.97. The number of hydrogen-bond acceptors (Lipinski definition) is 4. The van der Waals surface area contributed by atoms with Gasteiger partial charge in [0.1, 0.15) is 17.6 Å². The summed E-state index contributed by atoms with van der Waals surface area (Å²) < 4.78 is 0. The third-order valence-corrected chi connectivity index (χ3v) is 3.27. The second-order valence-corrected chi connectivity index (χ2v) is 4.52. The van der Waals surface area contributed by atoms with E-state index in [1.807, 2.05) is 12.1 Å². The molecule has 1 aliphatic rings. The average molecular weight is 230 g/mol. The molecule has 0 saturated carbocycles. The first-order chi connectivity index (χ1) is 8.33. The molecule has 90 valence electrons. The standard InChI is InChI=1S/C13H18N4/c14-7-6-11-3-2-8-17(10-11)13-5-1-4-12(9-15)16-13/h1,4-5,11H,2-3,6-8,10,14H2. The molecule has 1 aromatic heterocycles. The van der Waals surface area contributed by atoms with E-state index < -0.39 is 0 Å². The van der Waals surface area contributed by atoms with Crippen LogP contribution in [0.3, 0.4) is 0 Å². The molecule has 0 spiro atoms. The highest BCUT2D eigenvalue weighted by atomic mass is 15.2. The number of anilines is 1. The summed E-state index contributed by atoms with van der Waals surface area (Å²) in [6.07, 6.45) is 3.52. The maximum absolute atomic E-state index is 8.85. The number of rotatable bonds is 3. The molecule has 2 heterocycles. The summed E-state index contributed by atoms with van der Waals surface area (Å²) in [5, 5.41) is 8.85. The Morgan fingerprint density at radius 1 is 1.53 bits per heavy atom. The highest BCUT2D eigenvalue weighted by Gasteiger charge is 2.20. The van der Waals surface area contributed by atoms with Gasteiger partial charge in [-0.25, -0.2) is 4.98 Å². The Bertz CT molecular complexity index is 408. The molecule has 2 rings (SSSR count). The summed E-state index contributed by atoms with van der Waals surface area (Å²) in [5.41, 5.74) is 6.10. The smallest absolute Gasteiger partial charge is 0.142 e. The number of aromatic nitrogens is 1. The third-order valence-electron chi connectivity index (χ3n) is 3.27. The topological polar surface area (TPSA) is 65.9 Å². The molecule has 1 fully saturated rings. The summed E-state index contributed by atoms with van der Waals surface area (Å²) in [7, 11) is 0. The first-order valence-corrected chi connectivity index (χ1v) is 6.15. The van der Waals surface area contributed by atoms with Crippen LogP contribution in [-0.2, 0) is 0 Å². The van der Waals surface area contributed by atoms with E-state index in [-0.39, 0.29) is 0 Å². The average Bonchev–Trinajstić information content (AvgIpc) is 2.40. The van der Waals surface area contributed by atoms with Crippen molar-refractivity contribution >= 4 is 5.82 Å². The van der Waals surface area contributed by atoms with Crippen LogP contribution in [0, 0.1) is 17.2 Å². The van der Waals surface area contributed by atoms with Crippen LogP contribution in [0.2, 0.25) is 0 Å². The van der Waals surface area contributed by atoms with Gasteiger partial charge in [0.25, 0.3) is 0 Å². The van der Waals surface area contributed by atoms with Crippen LogP contribution in [-0.4, -0.2) is 24.6 Å². The summed E-state index contributed by atoms with van der Waals surface area (Å²) in [6, 6.07) is 7.70. The summed E-state index contributed by atoms with van der Waals surface area (Å²) in [4.78, 5) is 6.61. The number of hydrogen-bond donors (Lipinski definition) is 1. The fourth-order valence-corrected chi connectivity index (χ4v) is 2.41. The van der Waals surface area contributed by atoms with Gasteiger partial charge < -0.3 is 10.6 Å². The Hall–Kier alpha value is -1.60. The van der Waals surface area contributed by atoms with Crippen LogP contribution in [0.4, 0.5) is 5.82 Å². The van der Waals surface area contributed by atoms with Crippen LogP contribution in [0.1, 0.15) is 25.0 Å². The van der Waals surface area contributed by atoms with Crippen molar-refractivity contribution < 1.29 is 0 Å². The summed E-state index contributed by atoms with van der Waals surface area (Å²) in [6.45, 7) is 2.80. The molecule has 4 nitrogen and oxygen atoms in total. The predicted molar refractivity (Wildman–Crippen MR) is 67.6 cm³/mol. The maximum Gasteiger partial charge on any atom is 0.142 e. The second kappa shape index (κ2) is 5.65. The molecule has 1 aliphatic heterocycles. The minimum Gasteiger partial charge on any atom is -0.356 e. The van der Waals surface area contributed by atoms with Gasteiger partial charge in [-0.15, -0.1) is 0 Å². The molecule has 1 unspecified atom stereocenters. The SMILES string of the molecule is N#Cc1cccc(N2CCCC(CCN)C2)n1. The minimum absolute atomic E-state index is 0.489. The molecule has 1 aromatic rings. The van der Waals surface area contributed by atoms with Crippen LogP contribution in [0.15, 0.2) is 18.2 Å². The highest BCUT2D eigenvalue weighted by Crippen LogP contribution is 2.23. The Kier molecular flexibility index (Phi) is 3.94. The van der Waals surface area contributed by atoms with Crippen molar-refractivity contribution in [2.24, 2.45) is 11.7 Å². The van der Waals surface area contributed by atoms with Gasteiger partial charge in [-0.2, -0.15) is 5.26 Å². The lowest BCUT2D eigenvalue weighted by atomic mass is 9.95. The highest BCUT2D eigenvalue weighted by molar-refractivity contribution is 5.42. The van der Waals surface area contributed by atoms with E-state index in [4.69, 9.17) is 11.0 Å². The van der Waals surface area contributed by atoms with Gasteiger partial charge in [-0.05, 0) is 43.9 Å². The first kappa shape index (κ1) is 11.9. The number of nitrogens with zero attached hydrogens (tertiary/aromatic N) is 3. The van der Waals surface area contributed by atoms with E-state index in [0.717, 1.165) is 31.9 Å². The van der Waals surface area contributed by atoms with Crippen LogP contribution < -0.4 is 10.6 Å². The van der Waals surface area contributed by atoms with Crippen LogP contribution in [0.5, 0.6) is 0 Å². The van der Waals surface area contributed by atoms with Crippen LogP contribution >= 0.6 is 0 Å². The fourth-order valence-electron chi connectivity index (χ4n) is 2.41. The molecule has 4 heteroatoms. The largest absolute Gasteiger partial charge is 0.356 e. The van der Waals surface area contributed by atoms with Gasteiger partial charge in [-0.3, -0.25) is 0 Å². The molecule has 0 aliphatic carbocycles. The van der Waals surface area contributed by atoms with E-state index in [0.29, 0.717) is 11.6 Å². The van der Waals surface area contributed by atoms with Crippen molar-refractivity contribution in [2.75, 3.05) is 24.5 Å². The van der Waals surface area contributed by atoms with Crippen molar-refractivity contribution in [3.8, 4) is 6.07 Å². The molecule has 0 bridgehead atoms. The molecule has 1 saturated heterocycles. The van der Waals surface area contributed by atoms with Crippen molar-refractivity contribution in [2.45, 2.75) is 19.3 Å². The van der Waals surface area contributed by atoms with Gasteiger partial charge in [0.2, 0.25) is 0 Å². The van der Waals surface area contributed by atoms with Crippen molar-refractivity contribution in [1.82, 2.24) is 4.98 Å². The lowest BCUT2D eigenvalue weighted by molar-refractivity contribution is 0.394. The number of nitriles is 1. The number of pyridine rings is 1. The van der Waals surface area contributed by atoms with Crippen molar-refractivity contribution in [3.63, 3.8) is 0 Å². The summed E-state index contributed by atoms with van der Waals surface area (Å²) in [5.74, 6) is 1.59. The third kappa shape index (κ3) is 2.95. The lowest BCUT2D eigenvalue weighted by Gasteiger charge is -2.33. The fraction of sp³-hybridized carbons (Fsp3) is 0.538. The van der Waals surface area contributed by atoms with E-state index in [1.165, 1.54) is 12.8 Å². The van der Waals surface area contributed by atoms with Crippen molar-refractivity contribution in [1.29, 1.82) is 5.26 Å². The van der Waals surface area contributed by atoms with Gasteiger partial charge in [-0.1, -0.05) is 6.07 Å². The monoisotopic (exact) mass is 230 g/mol. The molecule has 2 N–H and O–H groups in total. The Morgan fingerprint density at radius 3 is 3.18 bits per heavy atom. The van der Waals surface area contributed by atoms with E-state index in [1.54, 1.807) is 6.07 Å². The molecule has 0 aromatic carbocycles. The zero-order chi connectivity index (χ0) is 12.1. The quantitative estimate of drug-likeness (QED) is 0.855. The van der Waals surface area contributed by atoms with E-state index in [2.05, 4.69) is 16.0 Å². The second-order valence-electron chi connectivity index (χ2n) is 4.52. The maximum atomic E-state index is 8.85. The molecule has 1 atom stereocenters. The molecule has 0 amide bonds. The minimum atomic E-state index is 0.489. The normalized spacial score (nSPS) is 20.0. The van der Waals surface area contributed by atoms with Gasteiger partial charge >= 0.3 is 0 Å². The van der Waals surface area contributed by atoms with Gasteiger partial charge in [0.15, 0.2) is 0 Å². The molecule has 17 heavy (non-hydrogen) atoms. The Labute approximate surface area is 102 Å². The Morgan fingerprint density at radius 2 is 2.41 bits per heavy atom. The van der Waals surface area contributed by atoms with E-state index in [9.17, 15) is 0 Å². The van der Waals surface area contributed by atoms with Gasteiger partial charge in [0.05, 0.1) is 0 Å². The molecular formula is C13H18N4. The van der Waals surface area contributed by atoms with Gasteiger partial charge in [0, 0.05) is 13.1 Å². The van der Waals surface area contributed by atoms with Crippen molar-refractivity contribution in [3.05, 3.63) is 23.9 Å². The Balaban J connectivity index is 2.08. The van der Waals surface area contributed by atoms with Crippen LogP contribution in [0.25, 0.3) is 0 Å². The zero-order valence-corrected chi connectivity index (χ0v) is 9.97. The number of nitrogens with two attached hydrogens (primary N) is 1. The first-order valence-electron chi connectivity index (χ1n) is 6.15. The molecule has 0 radical (unpaired) electrons. The lowest BCUT2D eigenvalue weighted by Crippen LogP contribution is -2.36. The number of piperidine rings is 1. The van der Waals surface area contributed by atoms with E-state index >= 15 is 0 Å². The predicted octanol–water partition coefficient (Wildman–Crippen LogP) is 1.52. The summed E-state index contributed by atoms with van der Waals surface area (Å²) >= 11 is 0.